The zero-order chi connectivity index (χ0) is 13.8. The maximum Gasteiger partial charge on any atom is 0.269 e. The van der Waals surface area contributed by atoms with E-state index in [0.29, 0.717) is 24.9 Å². The summed E-state index contributed by atoms with van der Waals surface area (Å²) in [7, 11) is 0. The van der Waals surface area contributed by atoms with Crippen LogP contribution in [0.25, 0.3) is 6.08 Å². The Hall–Kier alpha value is -2.50. The molecule has 0 saturated carbocycles. The summed E-state index contributed by atoms with van der Waals surface area (Å²) in [6.07, 6.45) is 3.97. The molecule has 6 nitrogen and oxygen atoms in total. The van der Waals surface area contributed by atoms with Gasteiger partial charge in [0.1, 0.15) is 0 Å². The van der Waals surface area contributed by atoms with E-state index in [1.165, 1.54) is 29.2 Å². The second kappa shape index (κ2) is 5.43. The Kier molecular flexibility index (Phi) is 3.70. The molecule has 6 heteroatoms. The van der Waals surface area contributed by atoms with Gasteiger partial charge in [0.15, 0.2) is 0 Å². The second-order valence-electron chi connectivity index (χ2n) is 4.17. The van der Waals surface area contributed by atoms with E-state index in [1.807, 2.05) is 0 Å². The van der Waals surface area contributed by atoms with Gasteiger partial charge < -0.3 is 0 Å². The van der Waals surface area contributed by atoms with Crippen molar-refractivity contribution in [3.63, 3.8) is 0 Å². The van der Waals surface area contributed by atoms with Crippen molar-refractivity contribution < 1.29 is 14.5 Å². The lowest BCUT2D eigenvalue weighted by molar-refractivity contribution is -0.384. The largest absolute Gasteiger partial charge is 0.279 e. The minimum Gasteiger partial charge on any atom is -0.279 e. The van der Waals surface area contributed by atoms with Gasteiger partial charge in [-0.3, -0.25) is 24.6 Å². The van der Waals surface area contributed by atoms with E-state index >= 15 is 0 Å². The van der Waals surface area contributed by atoms with Gasteiger partial charge in [-0.15, -0.1) is 0 Å². The minimum absolute atomic E-state index is 0.00167. The number of hydrogen-bond donors (Lipinski definition) is 0. The highest BCUT2D eigenvalue weighted by Crippen LogP contribution is 2.14. The molecule has 0 atom stereocenters. The van der Waals surface area contributed by atoms with E-state index in [1.54, 1.807) is 12.1 Å². The SMILES string of the molecule is O=C(C=Cc1ccc([N+](=O)[O-])cc1)N1CCCC1=O. The van der Waals surface area contributed by atoms with Crippen LogP contribution in [-0.2, 0) is 9.59 Å². The standard InChI is InChI=1S/C13H12N2O4/c16-12-2-1-9-14(12)13(17)8-5-10-3-6-11(7-4-10)15(18)19/h3-8H,1-2,9H2. The van der Waals surface area contributed by atoms with Crippen LogP contribution in [0.4, 0.5) is 5.69 Å². The van der Waals surface area contributed by atoms with E-state index in [9.17, 15) is 19.7 Å². The number of likely N-dealkylation sites (tertiary alicyclic amines) is 1. The molecule has 98 valence electrons. The Morgan fingerprint density at radius 3 is 2.53 bits per heavy atom. The van der Waals surface area contributed by atoms with Crippen molar-refractivity contribution in [1.29, 1.82) is 0 Å². The number of hydrogen-bond acceptors (Lipinski definition) is 4. The molecule has 0 radical (unpaired) electrons. The quantitative estimate of drug-likeness (QED) is 0.471. The number of amides is 2. The molecule has 2 amide bonds. The van der Waals surface area contributed by atoms with Gasteiger partial charge in [0.05, 0.1) is 4.92 Å². The van der Waals surface area contributed by atoms with Crippen LogP contribution in [0.2, 0.25) is 0 Å². The molecule has 1 aliphatic heterocycles. The zero-order valence-electron chi connectivity index (χ0n) is 10.1. The molecule has 2 rings (SSSR count). The van der Waals surface area contributed by atoms with Gasteiger partial charge >= 0.3 is 0 Å². The monoisotopic (exact) mass is 260 g/mol. The fraction of sp³-hybridized carbons (Fsp3) is 0.231. The highest BCUT2D eigenvalue weighted by molar-refractivity contribution is 6.03. The predicted octanol–water partition coefficient (Wildman–Crippen LogP) is 1.76. The van der Waals surface area contributed by atoms with Crippen molar-refractivity contribution >= 4 is 23.6 Å². The van der Waals surface area contributed by atoms with Crippen LogP contribution < -0.4 is 0 Å². The summed E-state index contributed by atoms with van der Waals surface area (Å²) >= 11 is 0. The zero-order valence-corrected chi connectivity index (χ0v) is 10.1. The number of carbonyl (C=O) groups excluding carboxylic acids is 2. The highest BCUT2D eigenvalue weighted by atomic mass is 16.6. The topological polar surface area (TPSA) is 80.5 Å². The van der Waals surface area contributed by atoms with Gasteiger partial charge in [-0.2, -0.15) is 0 Å². The molecule has 1 fully saturated rings. The van der Waals surface area contributed by atoms with Crippen LogP contribution in [0.1, 0.15) is 18.4 Å². The van der Waals surface area contributed by atoms with Crippen molar-refractivity contribution in [3.8, 4) is 0 Å². The number of rotatable bonds is 3. The summed E-state index contributed by atoms with van der Waals surface area (Å²) in [6.45, 7) is 0.461. The molecule has 1 heterocycles. The molecule has 0 bridgehead atoms. The van der Waals surface area contributed by atoms with Crippen LogP contribution in [-0.4, -0.2) is 28.2 Å². The van der Waals surface area contributed by atoms with Crippen LogP contribution >= 0.6 is 0 Å². The van der Waals surface area contributed by atoms with Gasteiger partial charge in [0.2, 0.25) is 5.91 Å². The van der Waals surface area contributed by atoms with Crippen LogP contribution in [0, 0.1) is 10.1 Å². The number of nitro benzene ring substituents is 1. The number of carbonyl (C=O) groups is 2. The van der Waals surface area contributed by atoms with Gasteiger partial charge in [-0.05, 0) is 30.2 Å². The number of imide groups is 1. The van der Waals surface area contributed by atoms with E-state index in [4.69, 9.17) is 0 Å². The van der Waals surface area contributed by atoms with E-state index in [-0.39, 0.29) is 17.5 Å². The van der Waals surface area contributed by atoms with Crippen molar-refractivity contribution in [2.75, 3.05) is 6.54 Å². The minimum atomic E-state index is -0.485. The average molecular weight is 260 g/mol. The molecule has 0 aromatic heterocycles. The molecule has 1 saturated heterocycles. The fourth-order valence-corrected chi connectivity index (χ4v) is 1.85. The van der Waals surface area contributed by atoms with Gasteiger partial charge in [-0.25, -0.2) is 0 Å². The van der Waals surface area contributed by atoms with Crippen LogP contribution in [0.5, 0.6) is 0 Å². The van der Waals surface area contributed by atoms with Crippen molar-refractivity contribution in [1.82, 2.24) is 4.90 Å². The number of benzene rings is 1. The molecule has 1 aromatic rings. The Labute approximate surface area is 109 Å². The van der Waals surface area contributed by atoms with Crippen molar-refractivity contribution in [2.24, 2.45) is 0 Å². The van der Waals surface area contributed by atoms with Crippen molar-refractivity contribution in [3.05, 3.63) is 46.0 Å². The summed E-state index contributed by atoms with van der Waals surface area (Å²) in [6, 6.07) is 5.83. The summed E-state index contributed by atoms with van der Waals surface area (Å²) < 4.78 is 0. The maximum absolute atomic E-state index is 11.7. The third-order valence-corrected chi connectivity index (χ3v) is 2.86. The van der Waals surface area contributed by atoms with E-state index < -0.39 is 4.92 Å². The number of nitro groups is 1. The maximum atomic E-state index is 11.7. The fourth-order valence-electron chi connectivity index (χ4n) is 1.85. The highest BCUT2D eigenvalue weighted by Gasteiger charge is 2.24. The molecule has 0 N–H and O–H groups in total. The predicted molar refractivity (Wildman–Crippen MR) is 68.1 cm³/mol. The molecule has 0 spiro atoms. The van der Waals surface area contributed by atoms with Gasteiger partial charge in [0.25, 0.3) is 11.6 Å². The Morgan fingerprint density at radius 2 is 2.00 bits per heavy atom. The molecule has 0 unspecified atom stereocenters. The van der Waals surface area contributed by atoms with E-state index in [0.717, 1.165) is 0 Å². The van der Waals surface area contributed by atoms with Crippen molar-refractivity contribution in [2.45, 2.75) is 12.8 Å². The first-order chi connectivity index (χ1) is 9.08. The summed E-state index contributed by atoms with van der Waals surface area (Å²) in [4.78, 5) is 34.3. The first kappa shape index (κ1) is 12.9. The average Bonchev–Trinajstić information content (AvgIpc) is 2.83. The molecule has 1 aliphatic rings. The van der Waals surface area contributed by atoms with Crippen LogP contribution in [0.15, 0.2) is 30.3 Å². The Morgan fingerprint density at radius 1 is 1.32 bits per heavy atom. The number of nitrogens with zero attached hydrogens (tertiary/aromatic N) is 2. The smallest absolute Gasteiger partial charge is 0.269 e. The normalized spacial score (nSPS) is 15.2. The van der Waals surface area contributed by atoms with Crippen LogP contribution in [0.3, 0.4) is 0 Å². The van der Waals surface area contributed by atoms with E-state index in [2.05, 4.69) is 0 Å². The van der Waals surface area contributed by atoms with Gasteiger partial charge in [-0.1, -0.05) is 0 Å². The summed E-state index contributed by atoms with van der Waals surface area (Å²) in [5.74, 6) is -0.501. The molecule has 1 aromatic carbocycles. The van der Waals surface area contributed by atoms with Gasteiger partial charge in [0, 0.05) is 31.2 Å². The molecular weight excluding hydrogens is 248 g/mol. The Balaban J connectivity index is 2.04. The first-order valence-corrected chi connectivity index (χ1v) is 5.85. The molecule has 19 heavy (non-hydrogen) atoms. The number of non-ortho nitro benzene ring substituents is 1. The molecular formula is C13H12N2O4. The summed E-state index contributed by atoms with van der Waals surface area (Å²) in [5.41, 5.74) is 0.670. The lowest BCUT2D eigenvalue weighted by Crippen LogP contribution is -2.30. The third kappa shape index (κ3) is 3.04. The third-order valence-electron chi connectivity index (χ3n) is 2.86. The lowest BCUT2D eigenvalue weighted by Gasteiger charge is -2.09. The first-order valence-electron chi connectivity index (χ1n) is 5.85. The lowest BCUT2D eigenvalue weighted by atomic mass is 10.2. The Bertz CT molecular complexity index is 548. The summed E-state index contributed by atoms with van der Waals surface area (Å²) in [5, 5.41) is 10.5. The molecule has 0 aliphatic carbocycles. The second-order valence-corrected chi connectivity index (χ2v) is 4.17.